The third-order valence-corrected chi connectivity index (χ3v) is 6.79. The van der Waals surface area contributed by atoms with Crippen molar-refractivity contribution in [2.45, 2.75) is 44.7 Å². The molecule has 1 saturated heterocycles. The first kappa shape index (κ1) is 26.7. The molecule has 2 N–H and O–H groups in total. The fourth-order valence-electron chi connectivity index (χ4n) is 3.89. The van der Waals surface area contributed by atoms with Gasteiger partial charge < -0.3 is 24.4 Å². The van der Waals surface area contributed by atoms with Crippen molar-refractivity contribution < 1.29 is 32.6 Å². The number of hydrogen-bond donors (Lipinski definition) is 2. The van der Waals surface area contributed by atoms with Crippen LogP contribution in [0.25, 0.3) is 10.2 Å². The van der Waals surface area contributed by atoms with E-state index in [1.165, 1.54) is 35.4 Å². The summed E-state index contributed by atoms with van der Waals surface area (Å²) in [6.07, 6.45) is -0.744. The first-order valence-corrected chi connectivity index (χ1v) is 12.5. The summed E-state index contributed by atoms with van der Waals surface area (Å²) >= 11 is 1.31. The number of rotatable bonds is 8. The molecule has 4 rings (SSSR count). The smallest absolute Gasteiger partial charge is 0.413 e. The Labute approximate surface area is 216 Å². The van der Waals surface area contributed by atoms with Crippen LogP contribution >= 0.6 is 11.3 Å². The van der Waals surface area contributed by atoms with Gasteiger partial charge in [0, 0.05) is 19.2 Å². The van der Waals surface area contributed by atoms with Crippen molar-refractivity contribution in [1.82, 2.24) is 15.2 Å². The highest BCUT2D eigenvalue weighted by Crippen LogP contribution is 2.27. The topological polar surface area (TPSA) is 102 Å². The molecule has 0 aliphatic carbocycles. The Morgan fingerprint density at radius 1 is 1.24 bits per heavy atom. The molecular weight excluding hydrogens is 506 g/mol. The number of likely N-dealkylation sites (N-methyl/N-ethyl adjacent to an activating group) is 1. The maximum atomic E-state index is 14.0. The van der Waals surface area contributed by atoms with Crippen molar-refractivity contribution in [2.75, 3.05) is 25.6 Å². The molecule has 0 unspecified atom stereocenters. The number of anilines is 1. The zero-order valence-corrected chi connectivity index (χ0v) is 21.4. The molecule has 0 spiro atoms. The van der Waals surface area contributed by atoms with Crippen molar-refractivity contribution in [3.05, 3.63) is 59.7 Å². The van der Waals surface area contributed by atoms with Gasteiger partial charge in [-0.15, -0.1) is 0 Å². The number of nitrogens with one attached hydrogen (secondary N) is 2. The maximum absolute atomic E-state index is 14.0. The average Bonchev–Trinajstić information content (AvgIpc) is 3.43. The number of thiazole rings is 1. The summed E-state index contributed by atoms with van der Waals surface area (Å²) in [5.74, 6) is -2.78. The quantitative estimate of drug-likeness (QED) is 0.427. The van der Waals surface area contributed by atoms with Crippen LogP contribution in [-0.4, -0.2) is 60.2 Å². The molecule has 0 radical (unpaired) electrons. The van der Waals surface area contributed by atoms with Gasteiger partial charge in [-0.25, -0.2) is 23.4 Å². The lowest BCUT2D eigenvalue weighted by Crippen LogP contribution is -2.47. The van der Waals surface area contributed by atoms with Crippen LogP contribution in [0.4, 0.5) is 23.5 Å². The third kappa shape index (κ3) is 6.90. The molecule has 2 heterocycles. The van der Waals surface area contributed by atoms with Gasteiger partial charge in [-0.3, -0.25) is 5.32 Å². The minimum atomic E-state index is -1.02. The van der Waals surface area contributed by atoms with Gasteiger partial charge in [0.15, 0.2) is 22.6 Å². The average molecular weight is 535 g/mol. The van der Waals surface area contributed by atoms with Gasteiger partial charge in [0.25, 0.3) is 0 Å². The van der Waals surface area contributed by atoms with Crippen molar-refractivity contribution in [1.29, 1.82) is 0 Å². The second kappa shape index (κ2) is 11.4. The lowest BCUT2D eigenvalue weighted by Gasteiger charge is -2.30. The monoisotopic (exact) mass is 534 g/mol. The van der Waals surface area contributed by atoms with Crippen LogP contribution in [0.3, 0.4) is 0 Å². The van der Waals surface area contributed by atoms with E-state index >= 15 is 0 Å². The van der Waals surface area contributed by atoms with Gasteiger partial charge in [0.2, 0.25) is 0 Å². The number of carbonyl (C=O) groups excluding carboxylic acids is 2. The first-order chi connectivity index (χ1) is 17.6. The number of para-hydroxylation sites is 1. The molecule has 0 saturated carbocycles. The summed E-state index contributed by atoms with van der Waals surface area (Å²) < 4.78 is 45.3. The van der Waals surface area contributed by atoms with Gasteiger partial charge in [-0.2, -0.15) is 0 Å². The molecule has 3 amide bonds. The van der Waals surface area contributed by atoms with Crippen LogP contribution in [0.1, 0.15) is 25.8 Å². The summed E-state index contributed by atoms with van der Waals surface area (Å²) in [7, 11) is 1.53. The molecule has 1 aliphatic rings. The Hall–Kier alpha value is -3.35. The summed E-state index contributed by atoms with van der Waals surface area (Å²) in [4.78, 5) is 31.0. The van der Waals surface area contributed by atoms with E-state index < -0.39 is 35.6 Å². The fourth-order valence-corrected chi connectivity index (χ4v) is 4.74. The van der Waals surface area contributed by atoms with Gasteiger partial charge in [-0.05, 0) is 38.5 Å². The van der Waals surface area contributed by atoms with Gasteiger partial charge in [0.1, 0.15) is 6.61 Å². The molecule has 37 heavy (non-hydrogen) atoms. The first-order valence-electron chi connectivity index (χ1n) is 11.7. The highest BCUT2D eigenvalue weighted by Gasteiger charge is 2.36. The molecule has 1 aromatic heterocycles. The predicted octanol–water partition coefficient (Wildman–Crippen LogP) is 4.87. The standard InChI is InChI=1S/C25H28F2N4O5S/c1-25(2)35-14-17(36-25)11-16(31(3)23(32)28-12-15-7-6-8-18(26)21(15)27)13-34-24(33)30-22-29-19-9-4-5-10-20(19)37-22/h4-10,16-17H,11-14H2,1-3H3,(H,28,32)(H,29,30,33)/t16-,17+/m0/s1. The van der Waals surface area contributed by atoms with Gasteiger partial charge >= 0.3 is 12.1 Å². The zero-order chi connectivity index (χ0) is 26.6. The minimum absolute atomic E-state index is 0.0130. The predicted molar refractivity (Wildman–Crippen MR) is 134 cm³/mol. The summed E-state index contributed by atoms with van der Waals surface area (Å²) in [6, 6.07) is 10.1. The molecule has 2 atom stereocenters. The van der Waals surface area contributed by atoms with Crippen molar-refractivity contribution in [2.24, 2.45) is 0 Å². The highest BCUT2D eigenvalue weighted by atomic mass is 32.1. The van der Waals surface area contributed by atoms with E-state index in [4.69, 9.17) is 14.2 Å². The summed E-state index contributed by atoms with van der Waals surface area (Å²) in [6.45, 7) is 3.52. The van der Waals surface area contributed by atoms with Crippen LogP contribution in [0, 0.1) is 11.6 Å². The Balaban J connectivity index is 1.38. The number of carbonyl (C=O) groups is 2. The van der Waals surface area contributed by atoms with E-state index in [1.54, 1.807) is 13.8 Å². The number of halogens is 2. The lowest BCUT2D eigenvalue weighted by molar-refractivity contribution is -0.140. The second-order valence-corrected chi connectivity index (χ2v) is 10.1. The maximum Gasteiger partial charge on any atom is 0.413 e. The van der Waals surface area contributed by atoms with Crippen molar-refractivity contribution in [3.8, 4) is 0 Å². The van der Waals surface area contributed by atoms with E-state index in [1.807, 2.05) is 24.3 Å². The molecule has 0 bridgehead atoms. The number of fused-ring (bicyclic) bond motifs is 1. The van der Waals surface area contributed by atoms with Gasteiger partial charge in [0.05, 0.1) is 29.0 Å². The number of amides is 3. The summed E-state index contributed by atoms with van der Waals surface area (Å²) in [5, 5.41) is 5.58. The molecule has 198 valence electrons. The van der Waals surface area contributed by atoms with Crippen LogP contribution in [0.5, 0.6) is 0 Å². The second-order valence-electron chi connectivity index (χ2n) is 9.03. The number of benzene rings is 2. The zero-order valence-electron chi connectivity index (χ0n) is 20.6. The van der Waals surface area contributed by atoms with E-state index in [0.29, 0.717) is 18.2 Å². The SMILES string of the molecule is CN(C(=O)NCc1cccc(F)c1F)[C@H](COC(=O)Nc1nc2ccccc2s1)C[C@@H]1COC(C)(C)O1. The van der Waals surface area contributed by atoms with E-state index in [9.17, 15) is 18.4 Å². The highest BCUT2D eigenvalue weighted by molar-refractivity contribution is 7.22. The number of urea groups is 1. The normalized spacial score (nSPS) is 17.4. The van der Waals surface area contributed by atoms with Crippen molar-refractivity contribution in [3.63, 3.8) is 0 Å². The third-order valence-electron chi connectivity index (χ3n) is 5.84. The van der Waals surface area contributed by atoms with Crippen molar-refractivity contribution >= 4 is 38.8 Å². The van der Waals surface area contributed by atoms with Crippen LogP contribution in [0.15, 0.2) is 42.5 Å². The number of nitrogens with zero attached hydrogens (tertiary/aromatic N) is 2. The Bertz CT molecular complexity index is 1240. The van der Waals surface area contributed by atoms with E-state index in [-0.39, 0.29) is 24.8 Å². The number of aromatic nitrogens is 1. The number of hydrogen-bond acceptors (Lipinski definition) is 7. The summed E-state index contributed by atoms with van der Waals surface area (Å²) in [5.41, 5.74) is 0.770. The van der Waals surface area contributed by atoms with E-state index in [0.717, 1.165) is 16.3 Å². The molecule has 1 aliphatic heterocycles. The Kier molecular flexibility index (Phi) is 8.20. The Morgan fingerprint density at radius 2 is 2.03 bits per heavy atom. The van der Waals surface area contributed by atoms with E-state index in [2.05, 4.69) is 15.6 Å². The minimum Gasteiger partial charge on any atom is -0.447 e. The number of ether oxygens (including phenoxy) is 3. The molecule has 9 nitrogen and oxygen atoms in total. The van der Waals surface area contributed by atoms with Gasteiger partial charge in [-0.1, -0.05) is 35.6 Å². The molecule has 2 aromatic carbocycles. The largest absolute Gasteiger partial charge is 0.447 e. The van der Waals surface area contributed by atoms with Crippen LogP contribution in [0.2, 0.25) is 0 Å². The molecule has 1 fully saturated rings. The fraction of sp³-hybridized carbons (Fsp3) is 0.400. The molecular formula is C25H28F2N4O5S. The Morgan fingerprint density at radius 3 is 2.76 bits per heavy atom. The lowest BCUT2D eigenvalue weighted by atomic mass is 10.1. The van der Waals surface area contributed by atoms with Crippen LogP contribution in [-0.2, 0) is 20.8 Å². The van der Waals surface area contributed by atoms with Crippen LogP contribution < -0.4 is 10.6 Å². The molecule has 12 heteroatoms. The molecule has 3 aromatic rings.